The monoisotopic (exact) mass is 223 g/mol. The molecule has 1 heterocycles. The zero-order valence-electron chi connectivity index (χ0n) is 8.50. The van der Waals surface area contributed by atoms with Gasteiger partial charge in [0.2, 0.25) is 0 Å². The lowest BCUT2D eigenvalue weighted by molar-refractivity contribution is 0.529. The minimum atomic E-state index is -0.0534. The molecule has 15 heavy (non-hydrogen) atoms. The fraction of sp³-hybridized carbons (Fsp3) is 0.500. The molecule has 0 aromatic heterocycles. The molecule has 0 spiro atoms. The lowest BCUT2D eigenvalue weighted by Crippen LogP contribution is -2.37. The molecule has 1 aromatic rings. The maximum Gasteiger partial charge on any atom is 0.137 e. The van der Waals surface area contributed by atoms with Crippen molar-refractivity contribution >= 4 is 11.8 Å². The summed E-state index contributed by atoms with van der Waals surface area (Å²) in [5.41, 5.74) is 1.17. The van der Waals surface area contributed by atoms with Crippen LogP contribution in [0.3, 0.4) is 0 Å². The molecule has 0 saturated heterocycles. The van der Waals surface area contributed by atoms with Gasteiger partial charge in [0.05, 0.1) is 0 Å². The van der Waals surface area contributed by atoms with Crippen molar-refractivity contribution in [2.45, 2.75) is 36.2 Å². The van der Waals surface area contributed by atoms with Crippen molar-refractivity contribution in [2.75, 3.05) is 5.75 Å². The van der Waals surface area contributed by atoms with E-state index in [1.54, 1.807) is 17.8 Å². The van der Waals surface area contributed by atoms with Gasteiger partial charge in [0, 0.05) is 22.7 Å². The summed E-state index contributed by atoms with van der Waals surface area (Å²) in [5, 5.41) is 3.61. The highest BCUT2D eigenvalue weighted by Crippen LogP contribution is 2.33. The largest absolute Gasteiger partial charge is 0.310 e. The van der Waals surface area contributed by atoms with Gasteiger partial charge < -0.3 is 5.32 Å². The zero-order valence-corrected chi connectivity index (χ0v) is 9.32. The molecule has 1 nitrogen and oxygen atoms in total. The molecular weight excluding hydrogens is 209 g/mol. The van der Waals surface area contributed by atoms with E-state index in [0.717, 1.165) is 23.1 Å². The first-order valence-corrected chi connectivity index (χ1v) is 6.48. The van der Waals surface area contributed by atoms with Gasteiger partial charge >= 0.3 is 0 Å². The zero-order chi connectivity index (χ0) is 10.3. The minimum Gasteiger partial charge on any atom is -0.310 e. The Kier molecular flexibility index (Phi) is 2.45. The average molecular weight is 223 g/mol. The van der Waals surface area contributed by atoms with Crippen LogP contribution in [0.4, 0.5) is 4.39 Å². The second kappa shape index (κ2) is 3.80. The quantitative estimate of drug-likeness (QED) is 0.827. The molecule has 0 amide bonds. The Bertz CT molecular complexity index is 376. The number of hydrogen-bond acceptors (Lipinski definition) is 2. The van der Waals surface area contributed by atoms with Crippen LogP contribution < -0.4 is 5.32 Å². The van der Waals surface area contributed by atoms with Gasteiger partial charge in [0.1, 0.15) is 5.82 Å². The van der Waals surface area contributed by atoms with Crippen molar-refractivity contribution in [3.8, 4) is 0 Å². The molecule has 1 atom stereocenters. The lowest BCUT2D eigenvalue weighted by atomic mass is 10.1. The van der Waals surface area contributed by atoms with Gasteiger partial charge in [0.15, 0.2) is 0 Å². The lowest BCUT2D eigenvalue weighted by Gasteiger charge is -2.25. The van der Waals surface area contributed by atoms with E-state index in [1.807, 2.05) is 12.1 Å². The average Bonchev–Trinajstić information content (AvgIpc) is 3.02. The molecule has 1 fully saturated rings. The predicted octanol–water partition coefficient (Wildman–Crippen LogP) is 2.59. The Balaban J connectivity index is 1.77. The summed E-state index contributed by atoms with van der Waals surface area (Å²) in [6, 6.07) is 6.70. The third-order valence-electron chi connectivity index (χ3n) is 2.99. The summed E-state index contributed by atoms with van der Waals surface area (Å²) < 4.78 is 13.4. The van der Waals surface area contributed by atoms with Crippen molar-refractivity contribution < 1.29 is 4.39 Å². The number of nitrogens with one attached hydrogen (secondary N) is 1. The number of benzene rings is 1. The normalized spacial score (nSPS) is 25.0. The highest BCUT2D eigenvalue weighted by molar-refractivity contribution is 7.99. The van der Waals surface area contributed by atoms with Gasteiger partial charge in [0.25, 0.3) is 0 Å². The maximum absolute atomic E-state index is 13.4. The maximum atomic E-state index is 13.4. The smallest absolute Gasteiger partial charge is 0.137 e. The molecule has 1 aliphatic carbocycles. The Morgan fingerprint density at radius 3 is 2.93 bits per heavy atom. The van der Waals surface area contributed by atoms with E-state index in [0.29, 0.717) is 6.04 Å². The highest BCUT2D eigenvalue weighted by atomic mass is 32.2. The van der Waals surface area contributed by atoms with E-state index >= 15 is 0 Å². The molecule has 0 bridgehead atoms. The highest BCUT2D eigenvalue weighted by Gasteiger charge is 2.27. The molecule has 0 radical (unpaired) electrons. The predicted molar refractivity (Wildman–Crippen MR) is 60.8 cm³/mol. The molecule has 3 heteroatoms. The number of hydrogen-bond donors (Lipinski definition) is 1. The molecule has 1 unspecified atom stereocenters. The van der Waals surface area contributed by atoms with E-state index in [-0.39, 0.29) is 5.82 Å². The van der Waals surface area contributed by atoms with Crippen LogP contribution in [0, 0.1) is 5.82 Å². The summed E-state index contributed by atoms with van der Waals surface area (Å²) in [4.78, 5) is 0.867. The Labute approximate surface area is 93.4 Å². The van der Waals surface area contributed by atoms with Crippen molar-refractivity contribution in [2.24, 2.45) is 0 Å². The molecule has 1 aliphatic heterocycles. The van der Waals surface area contributed by atoms with Gasteiger partial charge in [-0.25, -0.2) is 4.39 Å². The SMILES string of the molecule is Fc1cccc2c1SCC(NC1CC1)C2. The fourth-order valence-corrected chi connectivity index (χ4v) is 3.20. The summed E-state index contributed by atoms with van der Waals surface area (Å²) in [7, 11) is 0. The van der Waals surface area contributed by atoms with Crippen LogP contribution in [0.1, 0.15) is 18.4 Å². The van der Waals surface area contributed by atoms with E-state index in [2.05, 4.69) is 5.32 Å². The van der Waals surface area contributed by atoms with Crippen LogP contribution in [-0.4, -0.2) is 17.8 Å². The summed E-state index contributed by atoms with van der Waals surface area (Å²) in [6.07, 6.45) is 3.62. The van der Waals surface area contributed by atoms with E-state index in [4.69, 9.17) is 0 Å². The third-order valence-corrected chi connectivity index (χ3v) is 4.31. The van der Waals surface area contributed by atoms with Gasteiger partial charge in [-0.15, -0.1) is 11.8 Å². The van der Waals surface area contributed by atoms with E-state index < -0.39 is 0 Å². The molecule has 3 rings (SSSR count). The number of halogens is 1. The second-order valence-corrected chi connectivity index (χ2v) is 5.41. The van der Waals surface area contributed by atoms with Crippen LogP contribution in [0.25, 0.3) is 0 Å². The van der Waals surface area contributed by atoms with Crippen LogP contribution >= 0.6 is 11.8 Å². The molecule has 1 aromatic carbocycles. The second-order valence-electron chi connectivity index (χ2n) is 4.38. The molecule has 80 valence electrons. The van der Waals surface area contributed by atoms with Gasteiger partial charge in [-0.2, -0.15) is 0 Å². The van der Waals surface area contributed by atoms with Crippen LogP contribution in [0.15, 0.2) is 23.1 Å². The Morgan fingerprint density at radius 2 is 2.13 bits per heavy atom. The summed E-state index contributed by atoms with van der Waals surface area (Å²) >= 11 is 1.66. The third kappa shape index (κ3) is 2.04. The number of fused-ring (bicyclic) bond motifs is 1. The van der Waals surface area contributed by atoms with Gasteiger partial charge in [-0.05, 0) is 30.9 Å². The standard InChI is InChI=1S/C12H14FNS/c13-11-3-1-2-8-6-10(7-15-12(8)11)14-9-4-5-9/h1-3,9-10,14H,4-7H2. The number of rotatable bonds is 2. The molecule has 2 aliphatic rings. The summed E-state index contributed by atoms with van der Waals surface area (Å²) in [5.74, 6) is 0.951. The first kappa shape index (κ1) is 9.67. The first-order valence-electron chi connectivity index (χ1n) is 5.49. The molecule has 1 saturated carbocycles. The van der Waals surface area contributed by atoms with Crippen molar-refractivity contribution in [1.82, 2.24) is 5.32 Å². The Hall–Kier alpha value is -0.540. The first-order chi connectivity index (χ1) is 7.33. The fourth-order valence-electron chi connectivity index (χ4n) is 2.07. The Morgan fingerprint density at radius 1 is 1.27 bits per heavy atom. The van der Waals surface area contributed by atoms with Crippen LogP contribution in [0.2, 0.25) is 0 Å². The minimum absolute atomic E-state index is 0.0534. The van der Waals surface area contributed by atoms with Crippen LogP contribution in [0.5, 0.6) is 0 Å². The van der Waals surface area contributed by atoms with Gasteiger partial charge in [-0.3, -0.25) is 0 Å². The van der Waals surface area contributed by atoms with E-state index in [1.165, 1.54) is 18.4 Å². The molecule has 1 N–H and O–H groups in total. The van der Waals surface area contributed by atoms with Gasteiger partial charge in [-0.1, -0.05) is 12.1 Å². The topological polar surface area (TPSA) is 12.0 Å². The van der Waals surface area contributed by atoms with E-state index in [9.17, 15) is 4.39 Å². The van der Waals surface area contributed by atoms with Crippen molar-refractivity contribution in [3.05, 3.63) is 29.6 Å². The summed E-state index contributed by atoms with van der Waals surface area (Å²) in [6.45, 7) is 0. The number of thioether (sulfide) groups is 1. The van der Waals surface area contributed by atoms with Crippen molar-refractivity contribution in [1.29, 1.82) is 0 Å². The van der Waals surface area contributed by atoms with Crippen molar-refractivity contribution in [3.63, 3.8) is 0 Å². The molecular formula is C12H14FNS. The van der Waals surface area contributed by atoms with Crippen LogP contribution in [-0.2, 0) is 6.42 Å².